The van der Waals surface area contributed by atoms with E-state index < -0.39 is 0 Å². The van der Waals surface area contributed by atoms with Crippen molar-refractivity contribution in [1.82, 2.24) is 4.98 Å². The molecule has 0 amide bonds. The third-order valence-electron chi connectivity index (χ3n) is 1.51. The maximum absolute atomic E-state index is 11.0. The number of aromatic amines is 1. The molecule has 11 heavy (non-hydrogen) atoms. The number of nitrogens with zero attached hydrogens (tertiary/aromatic N) is 1. The Balaban J connectivity index is 3.16. The second-order valence-electron chi connectivity index (χ2n) is 2.31. The average Bonchev–Trinajstić information content (AvgIpc) is 2.04. The van der Waals surface area contributed by atoms with Crippen molar-refractivity contribution in [2.24, 2.45) is 0 Å². The molecule has 1 atom stereocenters. The van der Waals surface area contributed by atoms with Crippen LogP contribution in [0, 0.1) is 11.3 Å². The summed E-state index contributed by atoms with van der Waals surface area (Å²) in [4.78, 5) is 13.5. The first kappa shape index (κ1) is 7.55. The summed E-state index contributed by atoms with van der Waals surface area (Å²) >= 11 is 0. The van der Waals surface area contributed by atoms with Crippen LogP contribution in [-0.2, 0) is 0 Å². The molecule has 0 spiro atoms. The van der Waals surface area contributed by atoms with Gasteiger partial charge in [0.25, 0.3) is 5.56 Å². The van der Waals surface area contributed by atoms with E-state index in [0.29, 0.717) is 5.56 Å². The highest BCUT2D eigenvalue weighted by Crippen LogP contribution is 2.06. The predicted octanol–water partition coefficient (Wildman–Crippen LogP) is 1.00. The maximum Gasteiger partial charge on any atom is 0.252 e. The molecule has 0 bridgehead atoms. The van der Waals surface area contributed by atoms with Gasteiger partial charge in [-0.05, 0) is 13.0 Å². The lowest BCUT2D eigenvalue weighted by molar-refractivity contribution is 0.944. The van der Waals surface area contributed by atoms with E-state index in [-0.39, 0.29) is 11.5 Å². The van der Waals surface area contributed by atoms with E-state index in [2.05, 4.69) is 4.98 Å². The fraction of sp³-hybridized carbons (Fsp3) is 0.250. The summed E-state index contributed by atoms with van der Waals surface area (Å²) in [6.45, 7) is 1.70. The van der Waals surface area contributed by atoms with Crippen LogP contribution in [0.2, 0.25) is 0 Å². The van der Waals surface area contributed by atoms with Crippen LogP contribution in [0.1, 0.15) is 18.4 Å². The van der Waals surface area contributed by atoms with Gasteiger partial charge in [0.1, 0.15) is 0 Å². The van der Waals surface area contributed by atoms with E-state index in [1.807, 2.05) is 6.07 Å². The molecule has 1 aromatic rings. The van der Waals surface area contributed by atoms with Crippen molar-refractivity contribution in [2.75, 3.05) is 0 Å². The Labute approximate surface area is 64.3 Å². The van der Waals surface area contributed by atoms with Gasteiger partial charge in [-0.25, -0.2) is 0 Å². The van der Waals surface area contributed by atoms with Gasteiger partial charge in [-0.2, -0.15) is 5.26 Å². The van der Waals surface area contributed by atoms with Gasteiger partial charge in [0.2, 0.25) is 0 Å². The zero-order valence-electron chi connectivity index (χ0n) is 6.16. The van der Waals surface area contributed by atoms with Crippen molar-refractivity contribution in [2.45, 2.75) is 12.8 Å². The molecule has 0 saturated heterocycles. The summed E-state index contributed by atoms with van der Waals surface area (Å²) in [7, 11) is 0. The van der Waals surface area contributed by atoms with Crippen LogP contribution >= 0.6 is 0 Å². The predicted molar refractivity (Wildman–Crippen MR) is 41.1 cm³/mol. The summed E-state index contributed by atoms with van der Waals surface area (Å²) in [5.41, 5.74) is 0.344. The van der Waals surface area contributed by atoms with Gasteiger partial charge in [-0.1, -0.05) is 6.07 Å². The van der Waals surface area contributed by atoms with Crippen LogP contribution in [0.15, 0.2) is 23.1 Å². The molecule has 3 heteroatoms. The molecule has 1 N–H and O–H groups in total. The Bertz CT molecular complexity index is 334. The normalized spacial score (nSPS) is 12.0. The third-order valence-corrected chi connectivity index (χ3v) is 1.51. The number of nitriles is 1. The maximum atomic E-state index is 11.0. The van der Waals surface area contributed by atoms with Crippen LogP contribution in [0.5, 0.6) is 0 Å². The Kier molecular flexibility index (Phi) is 2.07. The first-order valence-corrected chi connectivity index (χ1v) is 3.33. The topological polar surface area (TPSA) is 56.6 Å². The fourth-order valence-corrected chi connectivity index (χ4v) is 0.845. The Morgan fingerprint density at radius 3 is 3.00 bits per heavy atom. The van der Waals surface area contributed by atoms with Crippen molar-refractivity contribution in [3.8, 4) is 6.07 Å². The molecule has 0 aromatic carbocycles. The summed E-state index contributed by atoms with van der Waals surface area (Å²) < 4.78 is 0. The van der Waals surface area contributed by atoms with Crippen LogP contribution in [-0.4, -0.2) is 4.98 Å². The van der Waals surface area contributed by atoms with Crippen molar-refractivity contribution < 1.29 is 0 Å². The Morgan fingerprint density at radius 2 is 2.45 bits per heavy atom. The summed E-state index contributed by atoms with van der Waals surface area (Å²) in [5.74, 6) is -0.333. The van der Waals surface area contributed by atoms with Crippen LogP contribution in [0.4, 0.5) is 0 Å². The second kappa shape index (κ2) is 3.02. The number of nitrogens with one attached hydrogen (secondary N) is 1. The Morgan fingerprint density at radius 1 is 1.73 bits per heavy atom. The van der Waals surface area contributed by atoms with Gasteiger partial charge >= 0.3 is 0 Å². The number of pyridine rings is 1. The molecule has 1 rings (SSSR count). The first-order chi connectivity index (χ1) is 5.25. The lowest BCUT2D eigenvalue weighted by atomic mass is 10.1. The van der Waals surface area contributed by atoms with Gasteiger partial charge in [0, 0.05) is 11.8 Å². The number of H-pyrrole nitrogens is 1. The van der Waals surface area contributed by atoms with E-state index in [1.54, 1.807) is 25.3 Å². The molecule has 56 valence electrons. The number of rotatable bonds is 1. The van der Waals surface area contributed by atoms with Crippen molar-refractivity contribution in [3.05, 3.63) is 34.2 Å². The number of hydrogen-bond acceptors (Lipinski definition) is 2. The molecule has 0 fully saturated rings. The van der Waals surface area contributed by atoms with Gasteiger partial charge < -0.3 is 4.98 Å². The van der Waals surface area contributed by atoms with E-state index in [0.717, 1.165) is 0 Å². The molecule has 3 nitrogen and oxygen atoms in total. The van der Waals surface area contributed by atoms with E-state index >= 15 is 0 Å². The monoisotopic (exact) mass is 148 g/mol. The molecular weight excluding hydrogens is 140 g/mol. The molecule has 0 radical (unpaired) electrons. The first-order valence-electron chi connectivity index (χ1n) is 3.33. The second-order valence-corrected chi connectivity index (χ2v) is 2.31. The SMILES string of the molecule is CC(C#N)c1ccc[nH]c1=O. The zero-order chi connectivity index (χ0) is 8.27. The van der Waals surface area contributed by atoms with Crippen molar-refractivity contribution in [1.29, 1.82) is 5.26 Å². The van der Waals surface area contributed by atoms with Crippen LogP contribution in [0.3, 0.4) is 0 Å². The van der Waals surface area contributed by atoms with Gasteiger partial charge in [0.05, 0.1) is 12.0 Å². The van der Waals surface area contributed by atoms with Crippen LogP contribution in [0.25, 0.3) is 0 Å². The molecule has 0 aliphatic carbocycles. The van der Waals surface area contributed by atoms with E-state index in [1.165, 1.54) is 0 Å². The molecule has 0 aliphatic heterocycles. The number of aromatic nitrogens is 1. The largest absolute Gasteiger partial charge is 0.329 e. The molecule has 0 aliphatic rings. The molecule has 0 saturated carbocycles. The minimum Gasteiger partial charge on any atom is -0.329 e. The molecular formula is C8H8N2O. The summed E-state index contributed by atoms with van der Waals surface area (Å²) in [6, 6.07) is 5.37. The Hall–Kier alpha value is -1.56. The van der Waals surface area contributed by atoms with Gasteiger partial charge in [0.15, 0.2) is 0 Å². The molecule has 1 aromatic heterocycles. The van der Waals surface area contributed by atoms with Crippen LogP contribution < -0.4 is 5.56 Å². The minimum absolute atomic E-state index is 0.179. The average molecular weight is 148 g/mol. The smallest absolute Gasteiger partial charge is 0.252 e. The molecule has 1 heterocycles. The summed E-state index contributed by atoms with van der Waals surface area (Å²) in [6.07, 6.45) is 1.55. The highest BCUT2D eigenvalue weighted by Gasteiger charge is 2.05. The van der Waals surface area contributed by atoms with Crippen molar-refractivity contribution >= 4 is 0 Å². The number of hydrogen-bond donors (Lipinski definition) is 1. The van der Waals surface area contributed by atoms with Crippen molar-refractivity contribution in [3.63, 3.8) is 0 Å². The fourth-order valence-electron chi connectivity index (χ4n) is 0.845. The standard InChI is InChI=1S/C8H8N2O/c1-6(5-9)7-3-2-4-10-8(7)11/h2-4,6H,1H3,(H,10,11). The van der Waals surface area contributed by atoms with E-state index in [4.69, 9.17) is 5.26 Å². The highest BCUT2D eigenvalue weighted by atomic mass is 16.1. The van der Waals surface area contributed by atoms with Gasteiger partial charge in [-0.15, -0.1) is 0 Å². The third kappa shape index (κ3) is 1.47. The lowest BCUT2D eigenvalue weighted by Crippen LogP contribution is -2.12. The summed E-state index contributed by atoms with van der Waals surface area (Å²) in [5, 5.41) is 8.51. The zero-order valence-corrected chi connectivity index (χ0v) is 6.16. The minimum atomic E-state index is -0.333. The van der Waals surface area contributed by atoms with E-state index in [9.17, 15) is 4.79 Å². The highest BCUT2D eigenvalue weighted by molar-refractivity contribution is 5.19. The quantitative estimate of drug-likeness (QED) is 0.646. The van der Waals surface area contributed by atoms with Gasteiger partial charge in [-0.3, -0.25) is 4.79 Å². The lowest BCUT2D eigenvalue weighted by Gasteiger charge is -1.98. The molecule has 1 unspecified atom stereocenters.